The van der Waals surface area contributed by atoms with Crippen molar-refractivity contribution < 1.29 is 23.5 Å². The summed E-state index contributed by atoms with van der Waals surface area (Å²) in [5, 5.41) is 5.93. The van der Waals surface area contributed by atoms with Gasteiger partial charge in [0.05, 0.1) is 30.1 Å². The van der Waals surface area contributed by atoms with Crippen LogP contribution >= 0.6 is 11.6 Å². The Kier molecular flexibility index (Phi) is 8.98. The number of aryl methyl sites for hydroxylation is 1. The minimum Gasteiger partial charge on any atom is -0.495 e. The number of Topliss-reactive ketones (excluding diaryl/α,β-unsaturated/α-hetero) is 1. The van der Waals surface area contributed by atoms with Gasteiger partial charge in [-0.05, 0) is 64.0 Å². The Balaban J connectivity index is 1.56. The van der Waals surface area contributed by atoms with Crippen LogP contribution in [0.15, 0.2) is 36.5 Å². The van der Waals surface area contributed by atoms with Gasteiger partial charge in [0.2, 0.25) is 11.8 Å². The van der Waals surface area contributed by atoms with Gasteiger partial charge in [0.25, 0.3) is 5.91 Å². The molecule has 39 heavy (non-hydrogen) atoms. The number of amides is 1. The van der Waals surface area contributed by atoms with Crippen LogP contribution in [-0.2, 0) is 6.42 Å². The van der Waals surface area contributed by atoms with E-state index in [0.717, 1.165) is 37.6 Å². The van der Waals surface area contributed by atoms with E-state index in [-0.39, 0.29) is 45.7 Å². The molecular weight excluding hydrogens is 525 g/mol. The Morgan fingerprint density at radius 2 is 1.95 bits per heavy atom. The number of methoxy groups -OCH3 is 1. The van der Waals surface area contributed by atoms with Crippen LogP contribution in [0.1, 0.15) is 53.0 Å². The van der Waals surface area contributed by atoms with E-state index in [1.54, 1.807) is 12.1 Å². The third-order valence-corrected chi connectivity index (χ3v) is 6.86. The lowest BCUT2D eigenvalue weighted by Crippen LogP contribution is -2.43. The van der Waals surface area contributed by atoms with Crippen molar-refractivity contribution in [1.29, 1.82) is 0 Å². The molecule has 206 valence electrons. The molecule has 0 aliphatic carbocycles. The molecule has 0 saturated carbocycles. The van der Waals surface area contributed by atoms with Crippen LogP contribution in [0.3, 0.4) is 0 Å². The van der Waals surface area contributed by atoms with Crippen molar-refractivity contribution in [2.24, 2.45) is 0 Å². The quantitative estimate of drug-likeness (QED) is 0.338. The van der Waals surface area contributed by atoms with Crippen LogP contribution in [0, 0.1) is 5.82 Å². The summed E-state index contributed by atoms with van der Waals surface area (Å²) in [4.78, 5) is 35.8. The Hall–Kier alpha value is -3.76. The molecule has 4 rings (SSSR count). The zero-order valence-electron chi connectivity index (χ0n) is 22.3. The SMILES string of the molecule is CCc1cccc(Oc2nc(Nc3cc(F)c(C(=O)NC4CCN(C)CC4)cc3OC)ncc2Cl)c1C(C)=O. The smallest absolute Gasteiger partial charge is 0.254 e. The molecule has 9 nitrogen and oxygen atoms in total. The van der Waals surface area contributed by atoms with Crippen LogP contribution in [0.4, 0.5) is 16.0 Å². The van der Waals surface area contributed by atoms with E-state index in [2.05, 4.69) is 25.5 Å². The number of hydrogen-bond donors (Lipinski definition) is 2. The second-order valence-electron chi connectivity index (χ2n) is 9.36. The van der Waals surface area contributed by atoms with Crippen molar-refractivity contribution in [3.8, 4) is 17.4 Å². The molecule has 1 saturated heterocycles. The highest BCUT2D eigenvalue weighted by Crippen LogP contribution is 2.34. The molecule has 0 unspecified atom stereocenters. The summed E-state index contributed by atoms with van der Waals surface area (Å²) >= 11 is 6.29. The minimum absolute atomic E-state index is 0.0125. The normalized spacial score (nSPS) is 14.1. The molecule has 0 atom stereocenters. The molecular formula is C28H31ClFN5O4. The van der Waals surface area contributed by atoms with Crippen LogP contribution in [-0.4, -0.2) is 59.8 Å². The van der Waals surface area contributed by atoms with Crippen molar-refractivity contribution in [1.82, 2.24) is 20.2 Å². The van der Waals surface area contributed by atoms with E-state index in [9.17, 15) is 9.59 Å². The number of ketones is 1. The van der Waals surface area contributed by atoms with Crippen molar-refractivity contribution in [3.63, 3.8) is 0 Å². The summed E-state index contributed by atoms with van der Waals surface area (Å²) < 4.78 is 26.4. The van der Waals surface area contributed by atoms with Gasteiger partial charge in [-0.3, -0.25) is 9.59 Å². The van der Waals surface area contributed by atoms with Gasteiger partial charge < -0.3 is 25.0 Å². The number of anilines is 2. The molecule has 11 heteroatoms. The summed E-state index contributed by atoms with van der Waals surface area (Å²) in [7, 11) is 3.44. The zero-order chi connectivity index (χ0) is 28.1. The number of halogens is 2. The number of likely N-dealkylation sites (tertiary alicyclic amines) is 1. The van der Waals surface area contributed by atoms with Crippen LogP contribution in [0.5, 0.6) is 17.4 Å². The highest BCUT2D eigenvalue weighted by atomic mass is 35.5. The van der Waals surface area contributed by atoms with E-state index in [4.69, 9.17) is 21.1 Å². The molecule has 2 N–H and O–H groups in total. The number of piperidine rings is 1. The zero-order valence-corrected chi connectivity index (χ0v) is 23.1. The highest BCUT2D eigenvalue weighted by Gasteiger charge is 2.23. The fourth-order valence-electron chi connectivity index (χ4n) is 4.47. The average molecular weight is 556 g/mol. The maximum Gasteiger partial charge on any atom is 0.254 e. The standard InChI is InChI=1S/C28H31ClFN5O4/c1-5-17-7-6-8-23(25(17)16(2)36)39-27-20(29)15-31-28(34-27)33-22-14-21(30)19(13-24(22)38-4)26(37)32-18-9-11-35(3)12-10-18/h6-8,13-15,18H,5,9-12H2,1-4H3,(H,32,37)(H,31,33,34). The Morgan fingerprint density at radius 3 is 2.62 bits per heavy atom. The summed E-state index contributed by atoms with van der Waals surface area (Å²) in [6.45, 7) is 5.15. The maximum atomic E-state index is 15.1. The number of benzene rings is 2. The van der Waals surface area contributed by atoms with E-state index in [0.29, 0.717) is 17.7 Å². The van der Waals surface area contributed by atoms with E-state index < -0.39 is 11.7 Å². The second-order valence-corrected chi connectivity index (χ2v) is 9.76. The lowest BCUT2D eigenvalue weighted by atomic mass is 10.0. The number of carbonyl (C=O) groups is 2. The number of hydrogen-bond acceptors (Lipinski definition) is 8. The summed E-state index contributed by atoms with van der Waals surface area (Å²) in [5.41, 5.74) is 1.37. The lowest BCUT2D eigenvalue weighted by molar-refractivity contribution is 0.0911. The number of ether oxygens (including phenoxy) is 2. The molecule has 1 aromatic heterocycles. The van der Waals surface area contributed by atoms with Gasteiger partial charge >= 0.3 is 0 Å². The molecule has 2 aromatic carbocycles. The minimum atomic E-state index is -0.725. The first-order chi connectivity index (χ1) is 18.7. The first-order valence-corrected chi connectivity index (χ1v) is 13.0. The third kappa shape index (κ3) is 6.63. The molecule has 1 amide bonds. The van der Waals surface area contributed by atoms with E-state index >= 15 is 4.39 Å². The number of rotatable bonds is 9. The van der Waals surface area contributed by atoms with E-state index in [1.807, 2.05) is 20.0 Å². The lowest BCUT2D eigenvalue weighted by Gasteiger charge is -2.29. The molecule has 1 aliphatic rings. The van der Waals surface area contributed by atoms with Gasteiger partial charge in [0.15, 0.2) is 5.78 Å². The molecule has 0 spiro atoms. The molecule has 0 radical (unpaired) electrons. The fourth-order valence-corrected chi connectivity index (χ4v) is 4.60. The Morgan fingerprint density at radius 1 is 1.21 bits per heavy atom. The van der Waals surface area contributed by atoms with Crippen LogP contribution < -0.4 is 20.1 Å². The number of nitrogens with zero attached hydrogens (tertiary/aromatic N) is 3. The first kappa shape index (κ1) is 28.3. The van der Waals surface area contributed by atoms with Gasteiger partial charge in [0, 0.05) is 12.1 Å². The van der Waals surface area contributed by atoms with Gasteiger partial charge in [-0.2, -0.15) is 4.98 Å². The molecule has 0 bridgehead atoms. The third-order valence-electron chi connectivity index (χ3n) is 6.60. The maximum absolute atomic E-state index is 15.1. The van der Waals surface area contributed by atoms with E-state index in [1.165, 1.54) is 26.3 Å². The Bertz CT molecular complexity index is 1380. The molecule has 1 fully saturated rings. The molecule has 2 heterocycles. The van der Waals surface area contributed by atoms with Gasteiger partial charge in [-0.1, -0.05) is 30.7 Å². The highest BCUT2D eigenvalue weighted by molar-refractivity contribution is 6.31. The van der Waals surface area contributed by atoms with Crippen LogP contribution in [0.2, 0.25) is 5.02 Å². The Labute approximate surface area is 231 Å². The van der Waals surface area contributed by atoms with Gasteiger partial charge in [-0.25, -0.2) is 9.37 Å². The molecule has 3 aromatic rings. The van der Waals surface area contributed by atoms with Crippen molar-refractivity contribution in [2.45, 2.75) is 39.2 Å². The predicted molar refractivity (Wildman–Crippen MR) is 147 cm³/mol. The number of aromatic nitrogens is 2. The van der Waals surface area contributed by atoms with Crippen molar-refractivity contribution in [2.75, 3.05) is 32.6 Å². The summed E-state index contributed by atoms with van der Waals surface area (Å²) in [6, 6.07) is 7.78. The van der Waals surface area contributed by atoms with Crippen molar-refractivity contribution in [3.05, 3.63) is 64.1 Å². The fraction of sp³-hybridized carbons (Fsp3) is 0.357. The average Bonchev–Trinajstić information content (AvgIpc) is 2.91. The first-order valence-electron chi connectivity index (χ1n) is 12.7. The molecule has 1 aliphatic heterocycles. The van der Waals surface area contributed by atoms with Gasteiger partial charge in [-0.15, -0.1) is 0 Å². The van der Waals surface area contributed by atoms with Crippen LogP contribution in [0.25, 0.3) is 0 Å². The van der Waals surface area contributed by atoms with Gasteiger partial charge in [0.1, 0.15) is 22.3 Å². The largest absolute Gasteiger partial charge is 0.495 e. The predicted octanol–water partition coefficient (Wildman–Crippen LogP) is 5.40. The second kappa shape index (κ2) is 12.4. The summed E-state index contributed by atoms with van der Waals surface area (Å²) in [5.74, 6) is -0.772. The monoisotopic (exact) mass is 555 g/mol. The number of carbonyl (C=O) groups excluding carboxylic acids is 2. The topological polar surface area (TPSA) is 106 Å². The summed E-state index contributed by atoms with van der Waals surface area (Å²) in [6.07, 6.45) is 3.58. The van der Waals surface area contributed by atoms with Crippen molar-refractivity contribution >= 4 is 34.9 Å². The number of nitrogens with one attached hydrogen (secondary N) is 2.